The Morgan fingerprint density at radius 1 is 1.03 bits per heavy atom. The standard InChI is InChI=1S/C23H15Br2NO5/c24-17-8-13(10-21(28)29)9-18(25)22(17)31-15-6-7-20(27)16(11-15)23-26-19(12-30-23)14-4-2-1-3-5-14/h1-9,11-12,27H,10H2,(H,28,29). The highest BCUT2D eigenvalue weighted by Crippen LogP contribution is 2.40. The van der Waals surface area contributed by atoms with E-state index >= 15 is 0 Å². The minimum Gasteiger partial charge on any atom is -0.507 e. The molecule has 0 aliphatic heterocycles. The SMILES string of the molecule is O=C(O)Cc1cc(Br)c(Oc2ccc(O)c(-c3nc(-c4ccccc4)co3)c2)c(Br)c1. The molecule has 4 rings (SSSR count). The summed E-state index contributed by atoms with van der Waals surface area (Å²) in [6.45, 7) is 0. The quantitative estimate of drug-likeness (QED) is 0.282. The Hall–Kier alpha value is -3.10. The summed E-state index contributed by atoms with van der Waals surface area (Å²) in [5, 5.41) is 19.3. The molecule has 0 saturated carbocycles. The van der Waals surface area contributed by atoms with Gasteiger partial charge in [0.05, 0.1) is 20.9 Å². The van der Waals surface area contributed by atoms with Crippen molar-refractivity contribution < 1.29 is 24.2 Å². The molecule has 1 aromatic heterocycles. The van der Waals surface area contributed by atoms with E-state index in [0.29, 0.717) is 37.3 Å². The number of phenolic OH excluding ortho intramolecular Hbond substituents is 1. The molecule has 3 aromatic carbocycles. The van der Waals surface area contributed by atoms with E-state index in [0.717, 1.165) is 5.56 Å². The number of phenols is 1. The van der Waals surface area contributed by atoms with E-state index in [9.17, 15) is 9.90 Å². The molecule has 0 aliphatic rings. The average Bonchev–Trinajstić information content (AvgIpc) is 3.22. The van der Waals surface area contributed by atoms with Gasteiger partial charge in [0, 0.05) is 5.56 Å². The van der Waals surface area contributed by atoms with Gasteiger partial charge >= 0.3 is 5.97 Å². The van der Waals surface area contributed by atoms with E-state index in [-0.39, 0.29) is 18.1 Å². The molecule has 0 spiro atoms. The number of hydrogen-bond acceptors (Lipinski definition) is 5. The second kappa shape index (κ2) is 8.95. The van der Waals surface area contributed by atoms with Crippen LogP contribution in [0.3, 0.4) is 0 Å². The molecule has 31 heavy (non-hydrogen) atoms. The van der Waals surface area contributed by atoms with Crippen molar-refractivity contribution in [2.45, 2.75) is 6.42 Å². The van der Waals surface area contributed by atoms with Gasteiger partial charge in [0.1, 0.15) is 23.5 Å². The van der Waals surface area contributed by atoms with Crippen LogP contribution in [0.15, 0.2) is 80.3 Å². The number of aromatic hydroxyl groups is 1. The maximum absolute atomic E-state index is 11.0. The second-order valence-corrected chi connectivity index (χ2v) is 8.35. The maximum atomic E-state index is 11.0. The molecular weight excluding hydrogens is 530 g/mol. The van der Waals surface area contributed by atoms with Crippen LogP contribution in [0.25, 0.3) is 22.7 Å². The Balaban J connectivity index is 1.64. The first-order valence-corrected chi connectivity index (χ1v) is 10.7. The summed E-state index contributed by atoms with van der Waals surface area (Å²) < 4.78 is 12.8. The van der Waals surface area contributed by atoms with Gasteiger partial charge in [-0.3, -0.25) is 4.79 Å². The molecule has 0 saturated heterocycles. The van der Waals surface area contributed by atoms with Crippen molar-refractivity contribution in [2.75, 3.05) is 0 Å². The van der Waals surface area contributed by atoms with Gasteiger partial charge in [-0.2, -0.15) is 0 Å². The lowest BCUT2D eigenvalue weighted by atomic mass is 10.1. The molecule has 8 heteroatoms. The van der Waals surface area contributed by atoms with Crippen molar-refractivity contribution in [1.82, 2.24) is 4.98 Å². The number of carboxylic acid groups (broad SMARTS) is 1. The third-order valence-corrected chi connectivity index (χ3v) is 5.58. The van der Waals surface area contributed by atoms with E-state index in [1.165, 1.54) is 12.3 Å². The Morgan fingerprint density at radius 2 is 1.74 bits per heavy atom. The first-order chi connectivity index (χ1) is 14.9. The summed E-state index contributed by atoms with van der Waals surface area (Å²) in [4.78, 5) is 15.4. The molecular formula is C23H15Br2NO5. The van der Waals surface area contributed by atoms with Gasteiger partial charge in [-0.25, -0.2) is 4.98 Å². The fourth-order valence-electron chi connectivity index (χ4n) is 2.99. The van der Waals surface area contributed by atoms with Crippen LogP contribution in [-0.4, -0.2) is 21.2 Å². The highest BCUT2D eigenvalue weighted by atomic mass is 79.9. The lowest BCUT2D eigenvalue weighted by Gasteiger charge is -2.12. The normalized spacial score (nSPS) is 10.8. The van der Waals surface area contributed by atoms with E-state index in [1.807, 2.05) is 30.3 Å². The zero-order valence-electron chi connectivity index (χ0n) is 15.9. The van der Waals surface area contributed by atoms with Crippen molar-refractivity contribution >= 4 is 37.8 Å². The number of halogens is 2. The molecule has 156 valence electrons. The van der Waals surface area contributed by atoms with Gasteiger partial charge in [0.15, 0.2) is 5.75 Å². The lowest BCUT2D eigenvalue weighted by Crippen LogP contribution is -2.00. The van der Waals surface area contributed by atoms with Crippen molar-refractivity contribution in [3.05, 3.63) is 81.4 Å². The zero-order chi connectivity index (χ0) is 22.0. The number of benzene rings is 3. The number of aromatic nitrogens is 1. The van der Waals surface area contributed by atoms with E-state index in [1.54, 1.807) is 24.3 Å². The van der Waals surface area contributed by atoms with Crippen molar-refractivity contribution in [2.24, 2.45) is 0 Å². The highest BCUT2D eigenvalue weighted by molar-refractivity contribution is 9.11. The Kier molecular flexibility index (Phi) is 6.11. The Morgan fingerprint density at radius 3 is 2.42 bits per heavy atom. The van der Waals surface area contributed by atoms with Gasteiger partial charge in [-0.15, -0.1) is 0 Å². The molecule has 1 heterocycles. The first-order valence-electron chi connectivity index (χ1n) is 9.12. The van der Waals surface area contributed by atoms with Gasteiger partial charge in [0.2, 0.25) is 5.89 Å². The smallest absolute Gasteiger partial charge is 0.307 e. The summed E-state index contributed by atoms with van der Waals surface area (Å²) in [5.74, 6) is 0.264. The summed E-state index contributed by atoms with van der Waals surface area (Å²) in [5.41, 5.74) is 2.56. The van der Waals surface area contributed by atoms with Gasteiger partial charge < -0.3 is 19.4 Å². The summed E-state index contributed by atoms with van der Waals surface area (Å²) >= 11 is 6.85. The van der Waals surface area contributed by atoms with Crippen molar-refractivity contribution in [3.63, 3.8) is 0 Å². The number of rotatable bonds is 6. The lowest BCUT2D eigenvalue weighted by molar-refractivity contribution is -0.136. The molecule has 0 unspecified atom stereocenters. The van der Waals surface area contributed by atoms with Crippen LogP contribution in [0, 0.1) is 0 Å². The monoisotopic (exact) mass is 543 g/mol. The highest BCUT2D eigenvalue weighted by Gasteiger charge is 2.16. The third-order valence-electron chi connectivity index (χ3n) is 4.41. The fraction of sp³-hybridized carbons (Fsp3) is 0.0435. The van der Waals surface area contributed by atoms with Gasteiger partial charge in [0.25, 0.3) is 0 Å². The Bertz CT molecular complexity index is 1230. The molecule has 6 nitrogen and oxygen atoms in total. The number of hydrogen-bond donors (Lipinski definition) is 2. The number of aliphatic carboxylic acids is 1. The largest absolute Gasteiger partial charge is 0.507 e. The topological polar surface area (TPSA) is 92.8 Å². The van der Waals surface area contributed by atoms with E-state index in [2.05, 4.69) is 36.8 Å². The van der Waals surface area contributed by atoms with Crippen LogP contribution in [0.2, 0.25) is 0 Å². The van der Waals surface area contributed by atoms with Crippen LogP contribution in [0.4, 0.5) is 0 Å². The minimum atomic E-state index is -0.920. The number of carboxylic acids is 1. The molecule has 0 bridgehead atoms. The summed E-state index contributed by atoms with van der Waals surface area (Å²) in [7, 11) is 0. The van der Waals surface area contributed by atoms with Crippen LogP contribution < -0.4 is 4.74 Å². The molecule has 0 amide bonds. The van der Waals surface area contributed by atoms with Crippen LogP contribution in [-0.2, 0) is 11.2 Å². The van der Waals surface area contributed by atoms with Gasteiger partial charge in [-0.1, -0.05) is 30.3 Å². The summed E-state index contributed by atoms with van der Waals surface area (Å²) in [6.07, 6.45) is 1.43. The first kappa shape index (κ1) is 21.1. The molecule has 2 N–H and O–H groups in total. The zero-order valence-corrected chi connectivity index (χ0v) is 19.1. The predicted octanol–water partition coefficient (Wildman–Crippen LogP) is 6.66. The number of nitrogens with zero attached hydrogens (tertiary/aromatic N) is 1. The third kappa shape index (κ3) is 4.81. The number of carbonyl (C=O) groups is 1. The molecule has 4 aromatic rings. The van der Waals surface area contributed by atoms with Crippen molar-refractivity contribution in [1.29, 1.82) is 0 Å². The maximum Gasteiger partial charge on any atom is 0.307 e. The molecule has 0 atom stereocenters. The van der Waals surface area contributed by atoms with Crippen LogP contribution in [0.1, 0.15) is 5.56 Å². The molecule has 0 fully saturated rings. The molecule has 0 aliphatic carbocycles. The minimum absolute atomic E-state index is 0.00347. The predicted molar refractivity (Wildman–Crippen MR) is 122 cm³/mol. The average molecular weight is 545 g/mol. The second-order valence-electron chi connectivity index (χ2n) is 6.64. The van der Waals surface area contributed by atoms with Crippen LogP contribution in [0.5, 0.6) is 17.2 Å². The van der Waals surface area contributed by atoms with E-state index < -0.39 is 5.97 Å². The van der Waals surface area contributed by atoms with Crippen LogP contribution >= 0.6 is 31.9 Å². The van der Waals surface area contributed by atoms with E-state index in [4.69, 9.17) is 14.3 Å². The molecule has 0 radical (unpaired) electrons. The van der Waals surface area contributed by atoms with Gasteiger partial charge in [-0.05, 0) is 67.8 Å². The number of oxazole rings is 1. The fourth-order valence-corrected chi connectivity index (χ4v) is 4.44. The van der Waals surface area contributed by atoms with Crippen molar-refractivity contribution in [3.8, 4) is 40.0 Å². The summed E-state index contributed by atoms with van der Waals surface area (Å²) in [6, 6.07) is 17.7. The number of ether oxygens (including phenoxy) is 1. The Labute approximate surface area is 194 Å².